The Morgan fingerprint density at radius 2 is 1.54 bits per heavy atom. The van der Waals surface area contributed by atoms with Gasteiger partial charge in [0.1, 0.15) is 0 Å². The molecular weight excluding hydrogens is 368 g/mol. The van der Waals surface area contributed by atoms with Gasteiger partial charge in [-0.05, 0) is 49.5 Å². The molecule has 0 saturated carbocycles. The Morgan fingerprint density at radius 1 is 0.821 bits per heavy atom. The average molecular weight is 384 g/mol. The fraction of sp³-hybridized carbons (Fsp3) is 0.0476. The highest BCUT2D eigenvalue weighted by Gasteiger charge is 2.05. The molecule has 6 nitrogen and oxygen atoms in total. The first kappa shape index (κ1) is 17.8. The van der Waals surface area contributed by atoms with Crippen molar-refractivity contribution in [2.45, 2.75) is 6.92 Å². The molecule has 0 radical (unpaired) electrons. The number of fused-ring (bicyclic) bond motifs is 1. The molecule has 0 amide bonds. The number of hydrogen-bond donors (Lipinski definition) is 0. The summed E-state index contributed by atoms with van der Waals surface area (Å²) in [5.74, 6) is 0. The second kappa shape index (κ2) is 7.98. The van der Waals surface area contributed by atoms with E-state index in [4.69, 9.17) is 0 Å². The lowest BCUT2D eigenvalue weighted by molar-refractivity contribution is 1.17. The summed E-state index contributed by atoms with van der Waals surface area (Å²) in [6, 6.07) is 17.4. The topological polar surface area (TPSA) is 74.7 Å². The zero-order chi connectivity index (χ0) is 19.3. The summed E-state index contributed by atoms with van der Waals surface area (Å²) in [7, 11) is 0. The Hall–Kier alpha value is -3.58. The largest absolute Gasteiger partial charge is 0.264 e. The summed E-state index contributed by atoms with van der Waals surface area (Å²) < 4.78 is 0. The number of aryl methyl sites for hydroxylation is 1. The SMILES string of the molecule is C=Nc1ccc(N=Nc2ccc(N=Nc3nccs3)c(C)c2)c2ccccc12. The number of azo groups is 2. The average Bonchev–Trinajstić information content (AvgIpc) is 3.25. The van der Waals surface area contributed by atoms with Gasteiger partial charge < -0.3 is 0 Å². The normalized spacial score (nSPS) is 11.6. The molecule has 3 aromatic carbocycles. The van der Waals surface area contributed by atoms with Crippen LogP contribution in [0.15, 0.2) is 91.6 Å². The van der Waals surface area contributed by atoms with Crippen molar-refractivity contribution in [2.75, 3.05) is 0 Å². The minimum Gasteiger partial charge on any atom is -0.264 e. The van der Waals surface area contributed by atoms with Crippen molar-refractivity contribution in [3.05, 3.63) is 71.7 Å². The van der Waals surface area contributed by atoms with Crippen LogP contribution < -0.4 is 0 Å². The van der Waals surface area contributed by atoms with Gasteiger partial charge in [-0.2, -0.15) is 5.11 Å². The molecule has 0 aliphatic heterocycles. The van der Waals surface area contributed by atoms with Crippen LogP contribution in [-0.2, 0) is 0 Å². The van der Waals surface area contributed by atoms with Crippen molar-refractivity contribution >= 4 is 56.7 Å². The molecule has 0 spiro atoms. The van der Waals surface area contributed by atoms with Crippen LogP contribution in [0.4, 0.5) is 27.9 Å². The molecule has 0 N–H and O–H groups in total. The smallest absolute Gasteiger partial charge is 0.229 e. The minimum atomic E-state index is 0.632. The maximum atomic E-state index is 4.44. The monoisotopic (exact) mass is 384 g/mol. The number of hydrogen-bond acceptors (Lipinski definition) is 7. The van der Waals surface area contributed by atoms with E-state index in [-0.39, 0.29) is 0 Å². The lowest BCUT2D eigenvalue weighted by atomic mass is 10.1. The van der Waals surface area contributed by atoms with Crippen LogP contribution in [0.3, 0.4) is 0 Å². The molecule has 4 aromatic rings. The van der Waals surface area contributed by atoms with E-state index in [0.717, 1.165) is 39.1 Å². The van der Waals surface area contributed by atoms with Gasteiger partial charge in [0.15, 0.2) is 0 Å². The second-order valence-electron chi connectivity index (χ2n) is 5.99. The maximum Gasteiger partial charge on any atom is 0.229 e. The molecule has 1 heterocycles. The van der Waals surface area contributed by atoms with Gasteiger partial charge in [-0.3, -0.25) is 4.99 Å². The fourth-order valence-corrected chi connectivity index (χ4v) is 3.23. The number of aromatic nitrogens is 1. The highest BCUT2D eigenvalue weighted by molar-refractivity contribution is 7.13. The molecule has 28 heavy (non-hydrogen) atoms. The van der Waals surface area contributed by atoms with Gasteiger partial charge in [0.05, 0.1) is 22.7 Å². The molecule has 1 aromatic heterocycles. The lowest BCUT2D eigenvalue weighted by Crippen LogP contribution is -1.76. The highest BCUT2D eigenvalue weighted by atomic mass is 32.1. The van der Waals surface area contributed by atoms with E-state index in [1.54, 1.807) is 6.20 Å². The number of benzene rings is 3. The minimum absolute atomic E-state index is 0.632. The lowest BCUT2D eigenvalue weighted by Gasteiger charge is -2.04. The molecular formula is C21H16N6S. The third-order valence-electron chi connectivity index (χ3n) is 4.16. The molecule has 0 unspecified atom stereocenters. The maximum absolute atomic E-state index is 4.44. The zero-order valence-corrected chi connectivity index (χ0v) is 16.0. The van der Waals surface area contributed by atoms with Crippen LogP contribution >= 0.6 is 11.3 Å². The Kier molecular flexibility index (Phi) is 5.07. The van der Waals surface area contributed by atoms with E-state index < -0.39 is 0 Å². The summed E-state index contributed by atoms with van der Waals surface area (Å²) >= 11 is 1.44. The van der Waals surface area contributed by atoms with Crippen LogP contribution in [0.5, 0.6) is 0 Å². The van der Waals surface area contributed by atoms with Gasteiger partial charge in [0, 0.05) is 22.3 Å². The fourth-order valence-electron chi connectivity index (χ4n) is 2.78. The van der Waals surface area contributed by atoms with Crippen molar-refractivity contribution in [1.82, 2.24) is 4.98 Å². The summed E-state index contributed by atoms with van der Waals surface area (Å²) in [4.78, 5) is 8.16. The number of rotatable bonds is 5. The zero-order valence-electron chi connectivity index (χ0n) is 15.1. The van der Waals surface area contributed by atoms with E-state index in [2.05, 4.69) is 37.2 Å². The molecule has 136 valence electrons. The van der Waals surface area contributed by atoms with E-state index in [0.29, 0.717) is 5.13 Å². The third kappa shape index (κ3) is 3.74. The molecule has 7 heteroatoms. The van der Waals surface area contributed by atoms with Crippen LogP contribution in [0.1, 0.15) is 5.56 Å². The van der Waals surface area contributed by atoms with Crippen LogP contribution in [-0.4, -0.2) is 11.7 Å². The molecule has 4 rings (SSSR count). The Morgan fingerprint density at radius 3 is 2.25 bits per heavy atom. The van der Waals surface area contributed by atoms with E-state index in [1.165, 1.54) is 11.3 Å². The van der Waals surface area contributed by atoms with Gasteiger partial charge in [0.25, 0.3) is 0 Å². The molecule has 0 aliphatic carbocycles. The summed E-state index contributed by atoms with van der Waals surface area (Å²) in [6.07, 6.45) is 1.71. The first-order valence-corrected chi connectivity index (χ1v) is 9.44. The summed E-state index contributed by atoms with van der Waals surface area (Å²) in [5, 5.41) is 21.7. The van der Waals surface area contributed by atoms with Crippen molar-refractivity contribution in [3.8, 4) is 0 Å². The van der Waals surface area contributed by atoms with E-state index in [1.807, 2.05) is 66.9 Å². The molecule has 0 bridgehead atoms. The standard InChI is InChI=1S/C21H16N6S/c1-14-13-15(7-8-18(14)25-27-21-23-11-12-28-21)24-26-20-10-9-19(22-2)16-5-3-4-6-17(16)20/h3-13H,2H2,1H3. The molecule has 0 atom stereocenters. The predicted octanol–water partition coefficient (Wildman–Crippen LogP) is 7.77. The molecule has 0 saturated heterocycles. The van der Waals surface area contributed by atoms with Gasteiger partial charge in [-0.25, -0.2) is 4.98 Å². The van der Waals surface area contributed by atoms with Crippen molar-refractivity contribution in [3.63, 3.8) is 0 Å². The molecule has 0 fully saturated rings. The second-order valence-corrected chi connectivity index (χ2v) is 6.87. The van der Waals surface area contributed by atoms with Gasteiger partial charge in [0.2, 0.25) is 5.13 Å². The number of aliphatic imine (C=N–C) groups is 1. The van der Waals surface area contributed by atoms with Crippen molar-refractivity contribution in [2.24, 2.45) is 25.4 Å². The van der Waals surface area contributed by atoms with Crippen LogP contribution in [0.2, 0.25) is 0 Å². The Bertz CT molecular complexity index is 1190. The Labute approximate surface area is 166 Å². The highest BCUT2D eigenvalue weighted by Crippen LogP contribution is 2.34. The summed E-state index contributed by atoms with van der Waals surface area (Å²) in [5.41, 5.74) is 4.11. The number of nitrogens with zero attached hydrogens (tertiary/aromatic N) is 6. The first-order valence-electron chi connectivity index (χ1n) is 8.57. The number of thiazole rings is 1. The summed E-state index contributed by atoms with van der Waals surface area (Å²) in [6.45, 7) is 5.60. The van der Waals surface area contributed by atoms with Crippen LogP contribution in [0, 0.1) is 6.92 Å². The van der Waals surface area contributed by atoms with Crippen LogP contribution in [0.25, 0.3) is 10.8 Å². The van der Waals surface area contributed by atoms with Crippen molar-refractivity contribution < 1.29 is 0 Å². The Balaban J connectivity index is 1.61. The van der Waals surface area contributed by atoms with Gasteiger partial charge >= 0.3 is 0 Å². The molecule has 0 aliphatic rings. The van der Waals surface area contributed by atoms with Crippen molar-refractivity contribution in [1.29, 1.82) is 0 Å². The van der Waals surface area contributed by atoms with E-state index >= 15 is 0 Å². The predicted molar refractivity (Wildman–Crippen MR) is 115 cm³/mol. The third-order valence-corrected chi connectivity index (χ3v) is 4.82. The van der Waals surface area contributed by atoms with E-state index in [9.17, 15) is 0 Å². The van der Waals surface area contributed by atoms with Gasteiger partial charge in [-0.15, -0.1) is 26.7 Å². The quantitative estimate of drug-likeness (QED) is 0.256. The van der Waals surface area contributed by atoms with Gasteiger partial charge in [-0.1, -0.05) is 24.3 Å². The first-order chi connectivity index (χ1) is 13.7.